The number of imidazole rings is 1. The van der Waals surface area contributed by atoms with Crippen LogP contribution in [0.1, 0.15) is 22.7 Å². The third-order valence-electron chi connectivity index (χ3n) is 3.48. The fourth-order valence-electron chi connectivity index (χ4n) is 2.42. The molecule has 0 spiro atoms. The van der Waals surface area contributed by atoms with Gasteiger partial charge in [0.1, 0.15) is 17.1 Å². The summed E-state index contributed by atoms with van der Waals surface area (Å²) in [6, 6.07) is 6.55. The van der Waals surface area contributed by atoms with Gasteiger partial charge in [-0.2, -0.15) is 0 Å². The van der Waals surface area contributed by atoms with Crippen molar-refractivity contribution in [2.24, 2.45) is 0 Å². The summed E-state index contributed by atoms with van der Waals surface area (Å²) in [5, 5.41) is 23.4. The van der Waals surface area contributed by atoms with E-state index in [1.54, 1.807) is 38.1 Å². The Morgan fingerprint density at radius 3 is 2.50 bits per heavy atom. The molecule has 0 aliphatic heterocycles. The summed E-state index contributed by atoms with van der Waals surface area (Å²) in [4.78, 5) is 14.8. The standard InChI is InChI=1S/C15H15N3O4/c1-8-13(9(2)22-17-8)18-14(20)12(16-15(18)21)7-10-3-5-11(19)6-4-10/h3-6,19-20H,7H2,1-2H3,(H,16,21). The van der Waals surface area contributed by atoms with Crippen LogP contribution in [-0.4, -0.2) is 24.9 Å². The molecular formula is C15H15N3O4. The summed E-state index contributed by atoms with van der Waals surface area (Å²) in [5.74, 6) is 0.437. The van der Waals surface area contributed by atoms with Gasteiger partial charge in [0.25, 0.3) is 0 Å². The van der Waals surface area contributed by atoms with Crippen molar-refractivity contribution in [3.05, 3.63) is 57.5 Å². The highest BCUT2D eigenvalue weighted by Crippen LogP contribution is 2.25. The van der Waals surface area contributed by atoms with Crippen LogP contribution in [-0.2, 0) is 6.42 Å². The average Bonchev–Trinajstić information content (AvgIpc) is 2.94. The van der Waals surface area contributed by atoms with E-state index in [-0.39, 0.29) is 11.6 Å². The van der Waals surface area contributed by atoms with Crippen molar-refractivity contribution < 1.29 is 14.7 Å². The van der Waals surface area contributed by atoms with Gasteiger partial charge in [-0.3, -0.25) is 0 Å². The number of hydrogen-bond donors (Lipinski definition) is 3. The van der Waals surface area contributed by atoms with Crippen molar-refractivity contribution in [1.29, 1.82) is 0 Å². The number of H-pyrrole nitrogens is 1. The first kappa shape index (κ1) is 14.0. The second-order valence-electron chi connectivity index (χ2n) is 5.08. The zero-order chi connectivity index (χ0) is 15.9. The Bertz CT molecular complexity index is 852. The number of phenols is 1. The maximum Gasteiger partial charge on any atom is 0.333 e. The third-order valence-corrected chi connectivity index (χ3v) is 3.48. The lowest BCUT2D eigenvalue weighted by Crippen LogP contribution is -2.15. The zero-order valence-electron chi connectivity index (χ0n) is 12.1. The molecule has 2 aromatic heterocycles. The van der Waals surface area contributed by atoms with E-state index < -0.39 is 5.69 Å². The van der Waals surface area contributed by atoms with Gasteiger partial charge in [-0.1, -0.05) is 17.3 Å². The highest BCUT2D eigenvalue weighted by molar-refractivity contribution is 5.44. The Balaban J connectivity index is 2.04. The molecule has 0 unspecified atom stereocenters. The maximum atomic E-state index is 12.1. The lowest BCUT2D eigenvalue weighted by atomic mass is 10.1. The zero-order valence-corrected chi connectivity index (χ0v) is 12.1. The van der Waals surface area contributed by atoms with Crippen LogP contribution in [0.25, 0.3) is 5.69 Å². The van der Waals surface area contributed by atoms with E-state index in [0.29, 0.717) is 29.3 Å². The molecule has 0 amide bonds. The third kappa shape index (κ3) is 2.26. The number of benzene rings is 1. The fourth-order valence-corrected chi connectivity index (χ4v) is 2.42. The summed E-state index contributed by atoms with van der Waals surface area (Å²) >= 11 is 0. The molecular weight excluding hydrogens is 286 g/mol. The maximum absolute atomic E-state index is 12.1. The van der Waals surface area contributed by atoms with Crippen LogP contribution in [0.5, 0.6) is 11.6 Å². The number of rotatable bonds is 3. The van der Waals surface area contributed by atoms with E-state index in [9.17, 15) is 15.0 Å². The largest absolute Gasteiger partial charge is 0.508 e. The number of hydrogen-bond acceptors (Lipinski definition) is 5. The lowest BCUT2D eigenvalue weighted by Gasteiger charge is -2.03. The molecule has 114 valence electrons. The lowest BCUT2D eigenvalue weighted by molar-refractivity contribution is 0.391. The van der Waals surface area contributed by atoms with Gasteiger partial charge >= 0.3 is 5.69 Å². The number of nitrogens with one attached hydrogen (secondary N) is 1. The van der Waals surface area contributed by atoms with Gasteiger partial charge in [-0.05, 0) is 31.5 Å². The number of phenolic OH excluding ortho intramolecular Hbond substituents is 1. The highest BCUT2D eigenvalue weighted by atomic mass is 16.5. The van der Waals surface area contributed by atoms with E-state index in [2.05, 4.69) is 10.1 Å². The molecule has 0 atom stereocenters. The van der Waals surface area contributed by atoms with Crippen LogP contribution in [0.2, 0.25) is 0 Å². The van der Waals surface area contributed by atoms with Crippen molar-refractivity contribution in [3.63, 3.8) is 0 Å². The van der Waals surface area contributed by atoms with Crippen molar-refractivity contribution in [2.45, 2.75) is 20.3 Å². The Kier molecular flexibility index (Phi) is 3.25. The summed E-state index contributed by atoms with van der Waals surface area (Å²) in [6.07, 6.45) is 0.331. The van der Waals surface area contributed by atoms with Gasteiger partial charge in [-0.15, -0.1) is 0 Å². The van der Waals surface area contributed by atoms with Crippen LogP contribution in [0, 0.1) is 13.8 Å². The first-order valence-electron chi connectivity index (χ1n) is 6.71. The smallest absolute Gasteiger partial charge is 0.333 e. The van der Waals surface area contributed by atoms with E-state index in [0.717, 1.165) is 10.1 Å². The molecule has 2 heterocycles. The first-order valence-corrected chi connectivity index (χ1v) is 6.71. The van der Waals surface area contributed by atoms with Crippen LogP contribution < -0.4 is 5.69 Å². The van der Waals surface area contributed by atoms with Gasteiger partial charge < -0.3 is 19.7 Å². The predicted octanol–water partition coefficient (Wildman–Crippen LogP) is 1.77. The molecule has 7 nitrogen and oxygen atoms in total. The van der Waals surface area contributed by atoms with Gasteiger partial charge in [0.2, 0.25) is 5.88 Å². The van der Waals surface area contributed by atoms with E-state index >= 15 is 0 Å². The molecule has 22 heavy (non-hydrogen) atoms. The van der Waals surface area contributed by atoms with Crippen LogP contribution in [0.4, 0.5) is 0 Å². The van der Waals surface area contributed by atoms with Crippen molar-refractivity contribution in [2.75, 3.05) is 0 Å². The van der Waals surface area contributed by atoms with Gasteiger partial charge in [0, 0.05) is 6.42 Å². The Morgan fingerprint density at radius 2 is 1.91 bits per heavy atom. The van der Waals surface area contributed by atoms with Gasteiger partial charge in [-0.25, -0.2) is 9.36 Å². The second-order valence-corrected chi connectivity index (χ2v) is 5.08. The minimum absolute atomic E-state index is 0.162. The number of aromatic hydroxyl groups is 2. The molecule has 3 N–H and O–H groups in total. The molecule has 0 fully saturated rings. The van der Waals surface area contributed by atoms with Crippen molar-refractivity contribution in [1.82, 2.24) is 14.7 Å². The summed E-state index contributed by atoms with van der Waals surface area (Å²) < 4.78 is 6.19. The number of aromatic nitrogens is 3. The quantitative estimate of drug-likeness (QED) is 0.684. The molecule has 1 aromatic carbocycles. The predicted molar refractivity (Wildman–Crippen MR) is 78.5 cm³/mol. The molecule has 3 aromatic rings. The Morgan fingerprint density at radius 1 is 1.23 bits per heavy atom. The molecule has 0 saturated heterocycles. The number of aryl methyl sites for hydroxylation is 2. The SMILES string of the molecule is Cc1noc(C)c1-n1c(O)c(Cc2ccc(O)cc2)[nH]c1=O. The highest BCUT2D eigenvalue weighted by Gasteiger charge is 2.20. The molecule has 0 bridgehead atoms. The van der Waals surface area contributed by atoms with Crippen molar-refractivity contribution in [3.8, 4) is 17.3 Å². The number of aromatic amines is 1. The minimum atomic E-state index is -0.458. The molecule has 0 aliphatic carbocycles. The molecule has 7 heteroatoms. The van der Waals surface area contributed by atoms with Crippen LogP contribution >= 0.6 is 0 Å². The summed E-state index contributed by atoms with van der Waals surface area (Å²) in [5.41, 5.74) is 1.73. The Labute approximate surface area is 125 Å². The normalized spacial score (nSPS) is 11.0. The van der Waals surface area contributed by atoms with Crippen molar-refractivity contribution >= 4 is 0 Å². The summed E-state index contributed by atoms with van der Waals surface area (Å²) in [6.45, 7) is 3.37. The van der Waals surface area contributed by atoms with Gasteiger partial charge in [0.15, 0.2) is 5.76 Å². The van der Waals surface area contributed by atoms with E-state index in [1.165, 1.54) is 0 Å². The Hall–Kier alpha value is -2.96. The second kappa shape index (κ2) is 5.10. The summed E-state index contributed by atoms with van der Waals surface area (Å²) in [7, 11) is 0. The fraction of sp³-hybridized carbons (Fsp3) is 0.200. The average molecular weight is 301 g/mol. The minimum Gasteiger partial charge on any atom is -0.508 e. The topological polar surface area (TPSA) is 104 Å². The van der Waals surface area contributed by atoms with Crippen LogP contribution in [0.15, 0.2) is 33.6 Å². The monoisotopic (exact) mass is 301 g/mol. The molecule has 3 rings (SSSR count). The molecule has 0 radical (unpaired) electrons. The van der Waals surface area contributed by atoms with Crippen LogP contribution in [0.3, 0.4) is 0 Å². The first-order chi connectivity index (χ1) is 10.5. The van der Waals surface area contributed by atoms with E-state index in [1.807, 2.05) is 0 Å². The molecule has 0 aliphatic rings. The van der Waals surface area contributed by atoms with Gasteiger partial charge in [0.05, 0.1) is 5.69 Å². The molecule has 0 saturated carbocycles. The van der Waals surface area contributed by atoms with E-state index in [4.69, 9.17) is 4.52 Å². The number of nitrogens with zero attached hydrogens (tertiary/aromatic N) is 2.